The van der Waals surface area contributed by atoms with Gasteiger partial charge in [-0.05, 0) is 92.0 Å². The summed E-state index contributed by atoms with van der Waals surface area (Å²) >= 11 is 0. The first-order chi connectivity index (χ1) is 28.3. The van der Waals surface area contributed by atoms with Crippen molar-refractivity contribution in [3.05, 3.63) is 200 Å². The number of furan rings is 2. The van der Waals surface area contributed by atoms with Crippen molar-refractivity contribution in [3.63, 3.8) is 0 Å². The van der Waals surface area contributed by atoms with Gasteiger partial charge in [0.1, 0.15) is 22.3 Å². The van der Waals surface area contributed by atoms with Crippen LogP contribution >= 0.6 is 0 Å². The molecule has 3 heteroatoms. The minimum absolute atomic E-state index is 0.902. The van der Waals surface area contributed by atoms with E-state index < -0.39 is 0 Å². The van der Waals surface area contributed by atoms with E-state index in [1.54, 1.807) is 0 Å². The molecule has 2 heterocycles. The van der Waals surface area contributed by atoms with Crippen LogP contribution in [0.1, 0.15) is 0 Å². The minimum Gasteiger partial charge on any atom is -0.455 e. The molecule has 0 saturated heterocycles. The monoisotopic (exact) mass is 727 g/mol. The van der Waals surface area contributed by atoms with E-state index in [0.29, 0.717) is 0 Å². The van der Waals surface area contributed by atoms with Crippen molar-refractivity contribution in [3.8, 4) is 22.3 Å². The van der Waals surface area contributed by atoms with Gasteiger partial charge in [-0.15, -0.1) is 0 Å². The van der Waals surface area contributed by atoms with Crippen molar-refractivity contribution in [2.24, 2.45) is 0 Å². The largest absolute Gasteiger partial charge is 0.455 e. The first-order valence-corrected chi connectivity index (χ1v) is 19.4. The van der Waals surface area contributed by atoms with Gasteiger partial charge < -0.3 is 13.7 Å². The molecule has 0 spiro atoms. The van der Waals surface area contributed by atoms with Crippen molar-refractivity contribution in [1.82, 2.24) is 0 Å². The van der Waals surface area contributed by atoms with Crippen molar-refractivity contribution in [2.45, 2.75) is 0 Å². The first kappa shape index (κ1) is 31.7. The normalized spacial score (nSPS) is 11.9. The summed E-state index contributed by atoms with van der Waals surface area (Å²) in [5, 5.41) is 12.0. The third-order valence-electron chi connectivity index (χ3n) is 11.7. The number of anilines is 3. The summed E-state index contributed by atoms with van der Waals surface area (Å²) in [6, 6.07) is 71.5. The molecule has 0 saturated carbocycles. The molecule has 12 aromatic rings. The highest BCUT2D eigenvalue weighted by Crippen LogP contribution is 2.43. The maximum Gasteiger partial charge on any atom is 0.143 e. The van der Waals surface area contributed by atoms with Gasteiger partial charge in [-0.3, -0.25) is 0 Å². The fourth-order valence-corrected chi connectivity index (χ4v) is 9.01. The quantitative estimate of drug-likeness (QED) is 0.165. The van der Waals surface area contributed by atoms with Crippen LogP contribution in [0.5, 0.6) is 0 Å². The number of nitrogens with zero attached hydrogens (tertiary/aromatic N) is 1. The predicted molar refractivity (Wildman–Crippen MR) is 239 cm³/mol. The zero-order valence-electron chi connectivity index (χ0n) is 30.8. The fourth-order valence-electron chi connectivity index (χ4n) is 9.01. The molecule has 0 bridgehead atoms. The summed E-state index contributed by atoms with van der Waals surface area (Å²) in [6.45, 7) is 0. The molecule has 0 radical (unpaired) electrons. The molecular formula is C54H33NO2. The second-order valence-electron chi connectivity index (χ2n) is 14.8. The van der Waals surface area contributed by atoms with E-state index in [0.717, 1.165) is 83.2 Å². The van der Waals surface area contributed by atoms with E-state index in [4.69, 9.17) is 8.83 Å². The maximum atomic E-state index is 6.44. The van der Waals surface area contributed by atoms with Gasteiger partial charge in [0.15, 0.2) is 0 Å². The van der Waals surface area contributed by atoms with Gasteiger partial charge in [-0.25, -0.2) is 0 Å². The summed E-state index contributed by atoms with van der Waals surface area (Å²) in [6.07, 6.45) is 0. The molecule has 0 N–H and O–H groups in total. The number of fused-ring (bicyclic) bond motifs is 12. The summed E-state index contributed by atoms with van der Waals surface area (Å²) < 4.78 is 12.9. The zero-order chi connectivity index (χ0) is 37.5. The van der Waals surface area contributed by atoms with E-state index in [2.05, 4.69) is 181 Å². The Morgan fingerprint density at radius 2 is 0.632 bits per heavy atom. The van der Waals surface area contributed by atoms with Crippen LogP contribution in [0.2, 0.25) is 0 Å². The van der Waals surface area contributed by atoms with Crippen LogP contribution in [-0.4, -0.2) is 0 Å². The molecule has 2 aromatic heterocycles. The van der Waals surface area contributed by atoms with Gasteiger partial charge in [0.05, 0.1) is 0 Å². The molecule has 0 aliphatic rings. The minimum atomic E-state index is 0.902. The lowest BCUT2D eigenvalue weighted by atomic mass is 9.94. The maximum absolute atomic E-state index is 6.44. The summed E-state index contributed by atoms with van der Waals surface area (Å²) in [4.78, 5) is 2.36. The van der Waals surface area contributed by atoms with Gasteiger partial charge in [-0.1, -0.05) is 152 Å². The molecule has 0 aliphatic heterocycles. The van der Waals surface area contributed by atoms with Gasteiger partial charge in [0.25, 0.3) is 0 Å². The first-order valence-electron chi connectivity index (χ1n) is 19.4. The van der Waals surface area contributed by atoms with Crippen LogP contribution in [0.4, 0.5) is 17.1 Å². The molecule has 0 fully saturated rings. The van der Waals surface area contributed by atoms with Gasteiger partial charge in [-0.2, -0.15) is 0 Å². The Morgan fingerprint density at radius 3 is 1.11 bits per heavy atom. The smallest absolute Gasteiger partial charge is 0.143 e. The molecule has 12 rings (SSSR count). The van der Waals surface area contributed by atoms with Crippen LogP contribution in [-0.2, 0) is 0 Å². The molecule has 57 heavy (non-hydrogen) atoms. The predicted octanol–water partition coefficient (Wildman–Crippen LogP) is 15.7. The van der Waals surface area contributed by atoms with E-state index in [9.17, 15) is 0 Å². The number of benzene rings is 10. The topological polar surface area (TPSA) is 29.5 Å². The van der Waals surface area contributed by atoms with Crippen LogP contribution < -0.4 is 4.90 Å². The zero-order valence-corrected chi connectivity index (χ0v) is 30.8. The molecule has 10 aromatic carbocycles. The second kappa shape index (κ2) is 12.5. The lowest BCUT2D eigenvalue weighted by Gasteiger charge is -2.26. The molecule has 0 unspecified atom stereocenters. The second-order valence-corrected chi connectivity index (χ2v) is 14.8. The molecule has 0 amide bonds. The highest BCUT2D eigenvalue weighted by atomic mass is 16.3. The summed E-state index contributed by atoms with van der Waals surface area (Å²) in [5.41, 5.74) is 11.2. The Labute approximate surface area is 328 Å². The Balaban J connectivity index is 1.02. The van der Waals surface area contributed by atoms with Crippen molar-refractivity contribution < 1.29 is 8.83 Å². The molecule has 0 aliphatic carbocycles. The fraction of sp³-hybridized carbons (Fsp3) is 0. The Bertz CT molecular complexity index is 3330. The highest BCUT2D eigenvalue weighted by molar-refractivity contribution is 6.26. The van der Waals surface area contributed by atoms with Crippen LogP contribution in [0.25, 0.3) is 98.4 Å². The van der Waals surface area contributed by atoms with Crippen molar-refractivity contribution in [1.29, 1.82) is 0 Å². The number of hydrogen-bond acceptors (Lipinski definition) is 3. The van der Waals surface area contributed by atoms with Crippen molar-refractivity contribution >= 4 is 93.3 Å². The van der Waals surface area contributed by atoms with Crippen molar-refractivity contribution in [2.75, 3.05) is 4.90 Å². The SMILES string of the molecule is c1ccc2c(c1)oc1c(-c3ccc(N(c4ccc(-c5cccc6c5oc5ccccc56)cc4)c4ccc5c6ccccc6c6ccccc6c5c4)cc3)cccc12. The van der Waals surface area contributed by atoms with Gasteiger partial charge in [0, 0.05) is 49.7 Å². The third-order valence-corrected chi connectivity index (χ3v) is 11.7. The Morgan fingerprint density at radius 1 is 0.263 bits per heavy atom. The third kappa shape index (κ3) is 4.92. The van der Waals surface area contributed by atoms with Crippen LogP contribution in [0.15, 0.2) is 209 Å². The highest BCUT2D eigenvalue weighted by Gasteiger charge is 2.18. The Kier molecular flexibility index (Phi) is 6.93. The van der Waals surface area contributed by atoms with E-state index in [1.807, 2.05) is 24.3 Å². The molecule has 0 atom stereocenters. The van der Waals surface area contributed by atoms with E-state index in [-0.39, 0.29) is 0 Å². The lowest BCUT2D eigenvalue weighted by Crippen LogP contribution is -2.10. The number of para-hydroxylation sites is 4. The number of rotatable bonds is 5. The average Bonchev–Trinajstić information content (AvgIpc) is 3.86. The number of hydrogen-bond donors (Lipinski definition) is 0. The standard InChI is InChI=1S/C54H33NO2/c1-2-13-43-41(11-1)42-12-3-4-14-44(42)50-33-38(31-32-45(43)50)55(36-27-23-34(24-28-36)39-17-9-19-48-46-15-5-7-21-51(46)56-53(39)48)37-29-25-35(26-30-37)40-18-10-20-49-47-16-6-8-22-52(47)57-54(40)49/h1-33H. The van der Waals surface area contributed by atoms with E-state index >= 15 is 0 Å². The molecule has 266 valence electrons. The Hall–Kier alpha value is -7.62. The molecule has 3 nitrogen and oxygen atoms in total. The summed E-state index contributed by atoms with van der Waals surface area (Å²) in [7, 11) is 0. The van der Waals surface area contributed by atoms with Crippen LogP contribution in [0.3, 0.4) is 0 Å². The average molecular weight is 728 g/mol. The van der Waals surface area contributed by atoms with E-state index in [1.165, 1.54) is 32.3 Å². The lowest BCUT2D eigenvalue weighted by molar-refractivity contribution is 0.669. The van der Waals surface area contributed by atoms with Gasteiger partial charge in [0.2, 0.25) is 0 Å². The van der Waals surface area contributed by atoms with Crippen LogP contribution in [0, 0.1) is 0 Å². The molecular weight excluding hydrogens is 695 g/mol. The summed E-state index contributed by atoms with van der Waals surface area (Å²) in [5.74, 6) is 0. The van der Waals surface area contributed by atoms with Gasteiger partial charge >= 0.3 is 0 Å².